The van der Waals surface area contributed by atoms with Gasteiger partial charge in [0.15, 0.2) is 0 Å². The average Bonchev–Trinajstić information content (AvgIpc) is 2.26. The molecule has 0 unspecified atom stereocenters. The molecule has 0 aromatic heterocycles. The molecule has 0 aromatic carbocycles. The molecule has 1 saturated heterocycles. The van der Waals surface area contributed by atoms with Crippen molar-refractivity contribution >= 4 is 0 Å². The van der Waals surface area contributed by atoms with E-state index in [2.05, 4.69) is 22.2 Å². The van der Waals surface area contributed by atoms with Crippen molar-refractivity contribution in [2.75, 3.05) is 52.9 Å². The Morgan fingerprint density at radius 2 is 1.94 bits per heavy atom. The summed E-state index contributed by atoms with van der Waals surface area (Å²) in [5.74, 6) is 1.06. The molecule has 1 saturated carbocycles. The molecule has 3 heteroatoms. The maximum absolute atomic E-state index is 3.40. The monoisotopic (exact) mass is 225 g/mol. The summed E-state index contributed by atoms with van der Waals surface area (Å²) in [6, 6.07) is 0. The second kappa shape index (κ2) is 6.58. The van der Waals surface area contributed by atoms with Crippen molar-refractivity contribution in [3.8, 4) is 0 Å². The lowest BCUT2D eigenvalue weighted by atomic mass is 9.83. The fraction of sp³-hybridized carbons (Fsp3) is 1.00. The first-order chi connectivity index (χ1) is 7.84. The first-order valence-electron chi connectivity index (χ1n) is 6.96. The number of nitrogens with one attached hydrogen (secondary N) is 1. The lowest BCUT2D eigenvalue weighted by Gasteiger charge is -2.30. The number of hydrogen-bond donors (Lipinski definition) is 1. The van der Waals surface area contributed by atoms with Gasteiger partial charge in [0.25, 0.3) is 0 Å². The molecule has 3 nitrogen and oxygen atoms in total. The zero-order valence-electron chi connectivity index (χ0n) is 10.7. The predicted octanol–water partition coefficient (Wildman–Crippen LogP) is 1.01. The standard InChI is InChI=1S/C13H27N3/c1-15(8-5-13-3-2-4-13)11-12-16-9-6-14-7-10-16/h13-14H,2-12H2,1H3. The zero-order chi connectivity index (χ0) is 11.2. The van der Waals surface area contributed by atoms with Gasteiger partial charge in [0, 0.05) is 39.3 Å². The first-order valence-corrected chi connectivity index (χ1v) is 6.96. The topological polar surface area (TPSA) is 18.5 Å². The molecule has 2 rings (SSSR count). The Labute approximate surface area is 100 Å². The second-order valence-electron chi connectivity index (χ2n) is 5.48. The lowest BCUT2D eigenvalue weighted by molar-refractivity contribution is 0.189. The van der Waals surface area contributed by atoms with Crippen molar-refractivity contribution in [3.05, 3.63) is 0 Å². The summed E-state index contributed by atoms with van der Waals surface area (Å²) in [7, 11) is 2.28. The van der Waals surface area contributed by atoms with Crippen LogP contribution in [0.1, 0.15) is 25.7 Å². The summed E-state index contributed by atoms with van der Waals surface area (Å²) in [5, 5.41) is 3.40. The van der Waals surface area contributed by atoms with Crippen molar-refractivity contribution in [2.45, 2.75) is 25.7 Å². The number of nitrogens with zero attached hydrogens (tertiary/aromatic N) is 2. The van der Waals surface area contributed by atoms with E-state index in [9.17, 15) is 0 Å². The van der Waals surface area contributed by atoms with E-state index >= 15 is 0 Å². The largest absolute Gasteiger partial charge is 0.314 e. The van der Waals surface area contributed by atoms with Gasteiger partial charge in [-0.2, -0.15) is 0 Å². The van der Waals surface area contributed by atoms with Crippen LogP contribution in [0.15, 0.2) is 0 Å². The Morgan fingerprint density at radius 3 is 2.56 bits per heavy atom. The van der Waals surface area contributed by atoms with Gasteiger partial charge < -0.3 is 10.2 Å². The molecule has 2 fully saturated rings. The highest BCUT2D eigenvalue weighted by atomic mass is 15.2. The van der Waals surface area contributed by atoms with Crippen molar-refractivity contribution in [1.82, 2.24) is 15.1 Å². The molecule has 1 N–H and O–H groups in total. The molecule has 0 radical (unpaired) electrons. The van der Waals surface area contributed by atoms with Gasteiger partial charge in [-0.3, -0.25) is 4.90 Å². The summed E-state index contributed by atoms with van der Waals surface area (Å²) in [6.07, 6.45) is 5.89. The molecule has 0 aromatic rings. The molecule has 1 aliphatic carbocycles. The molecule has 0 bridgehead atoms. The number of piperazine rings is 1. The van der Waals surface area contributed by atoms with E-state index < -0.39 is 0 Å². The molecule has 0 atom stereocenters. The van der Waals surface area contributed by atoms with Crippen LogP contribution in [-0.4, -0.2) is 62.7 Å². The van der Waals surface area contributed by atoms with Crippen molar-refractivity contribution in [3.63, 3.8) is 0 Å². The molecule has 94 valence electrons. The minimum absolute atomic E-state index is 1.06. The highest BCUT2D eigenvalue weighted by Gasteiger charge is 2.17. The summed E-state index contributed by atoms with van der Waals surface area (Å²) < 4.78 is 0. The van der Waals surface area contributed by atoms with Crippen LogP contribution in [-0.2, 0) is 0 Å². The maximum Gasteiger partial charge on any atom is 0.0110 e. The van der Waals surface area contributed by atoms with Gasteiger partial charge in [-0.15, -0.1) is 0 Å². The van der Waals surface area contributed by atoms with Gasteiger partial charge in [0.2, 0.25) is 0 Å². The summed E-state index contributed by atoms with van der Waals surface area (Å²) in [4.78, 5) is 5.09. The molecule has 0 spiro atoms. The minimum atomic E-state index is 1.06. The third-order valence-electron chi connectivity index (χ3n) is 4.15. The van der Waals surface area contributed by atoms with Crippen molar-refractivity contribution in [1.29, 1.82) is 0 Å². The van der Waals surface area contributed by atoms with Gasteiger partial charge in [-0.1, -0.05) is 19.3 Å². The fourth-order valence-corrected chi connectivity index (χ4v) is 2.54. The van der Waals surface area contributed by atoms with Crippen molar-refractivity contribution < 1.29 is 0 Å². The van der Waals surface area contributed by atoms with Gasteiger partial charge in [-0.05, 0) is 25.9 Å². The fourth-order valence-electron chi connectivity index (χ4n) is 2.54. The highest BCUT2D eigenvalue weighted by molar-refractivity contribution is 4.72. The molecule has 1 heterocycles. The molecule has 2 aliphatic rings. The quantitative estimate of drug-likeness (QED) is 0.728. The first kappa shape index (κ1) is 12.3. The van der Waals surface area contributed by atoms with Crippen LogP contribution in [0.4, 0.5) is 0 Å². The van der Waals surface area contributed by atoms with E-state index in [0.29, 0.717) is 0 Å². The molecular formula is C13H27N3. The molecular weight excluding hydrogens is 198 g/mol. The SMILES string of the molecule is CN(CCC1CCC1)CCN1CCNCC1. The Kier molecular flexibility index (Phi) is 5.07. The Hall–Kier alpha value is -0.120. The Balaban J connectivity index is 1.50. The van der Waals surface area contributed by atoms with E-state index in [1.165, 1.54) is 71.5 Å². The second-order valence-corrected chi connectivity index (χ2v) is 5.48. The van der Waals surface area contributed by atoms with Crippen LogP contribution in [0.25, 0.3) is 0 Å². The average molecular weight is 225 g/mol. The smallest absolute Gasteiger partial charge is 0.0110 e. The zero-order valence-corrected chi connectivity index (χ0v) is 10.7. The number of likely N-dealkylation sites (N-methyl/N-ethyl adjacent to an activating group) is 1. The molecule has 16 heavy (non-hydrogen) atoms. The predicted molar refractivity (Wildman–Crippen MR) is 68.8 cm³/mol. The normalized spacial score (nSPS) is 23.6. The van der Waals surface area contributed by atoms with Crippen molar-refractivity contribution in [2.24, 2.45) is 5.92 Å². The van der Waals surface area contributed by atoms with E-state index in [1.54, 1.807) is 0 Å². The van der Waals surface area contributed by atoms with E-state index in [-0.39, 0.29) is 0 Å². The number of rotatable bonds is 6. The van der Waals surface area contributed by atoms with Crippen LogP contribution in [0.3, 0.4) is 0 Å². The van der Waals surface area contributed by atoms with Gasteiger partial charge in [0.1, 0.15) is 0 Å². The highest BCUT2D eigenvalue weighted by Crippen LogP contribution is 2.29. The lowest BCUT2D eigenvalue weighted by Crippen LogP contribution is -2.46. The Bertz CT molecular complexity index is 186. The number of hydrogen-bond acceptors (Lipinski definition) is 3. The van der Waals surface area contributed by atoms with E-state index in [1.807, 2.05) is 0 Å². The molecule has 1 aliphatic heterocycles. The third-order valence-corrected chi connectivity index (χ3v) is 4.15. The summed E-state index contributed by atoms with van der Waals surface area (Å²) in [6.45, 7) is 8.61. The van der Waals surface area contributed by atoms with E-state index in [4.69, 9.17) is 0 Å². The molecule has 0 amide bonds. The van der Waals surface area contributed by atoms with E-state index in [0.717, 1.165) is 5.92 Å². The van der Waals surface area contributed by atoms with Gasteiger partial charge in [0.05, 0.1) is 0 Å². The van der Waals surface area contributed by atoms with Crippen LogP contribution in [0.5, 0.6) is 0 Å². The summed E-state index contributed by atoms with van der Waals surface area (Å²) >= 11 is 0. The van der Waals surface area contributed by atoms with Gasteiger partial charge in [-0.25, -0.2) is 0 Å². The van der Waals surface area contributed by atoms with Gasteiger partial charge >= 0.3 is 0 Å². The van der Waals surface area contributed by atoms with Crippen LogP contribution >= 0.6 is 0 Å². The Morgan fingerprint density at radius 1 is 1.19 bits per heavy atom. The third kappa shape index (κ3) is 4.04. The summed E-state index contributed by atoms with van der Waals surface area (Å²) in [5.41, 5.74) is 0. The van der Waals surface area contributed by atoms with Crippen LogP contribution < -0.4 is 5.32 Å². The minimum Gasteiger partial charge on any atom is -0.314 e. The van der Waals surface area contributed by atoms with Crippen LogP contribution in [0, 0.1) is 5.92 Å². The van der Waals surface area contributed by atoms with Crippen LogP contribution in [0.2, 0.25) is 0 Å². The maximum atomic E-state index is 3.40.